The Balaban J connectivity index is 1.61. The number of hydrogen-bond donors (Lipinski definition) is 2. The number of benzene rings is 1. The van der Waals surface area contributed by atoms with Gasteiger partial charge in [0.25, 0.3) is 0 Å². The molecule has 1 aromatic carbocycles. The third-order valence-electron chi connectivity index (χ3n) is 4.20. The van der Waals surface area contributed by atoms with Crippen LogP contribution in [0.4, 0.5) is 4.79 Å². The molecule has 2 aromatic rings. The largest absolute Gasteiger partial charge is 0.396 e. The van der Waals surface area contributed by atoms with E-state index in [1.54, 1.807) is 4.90 Å². The molecule has 2 amide bonds. The Morgan fingerprint density at radius 2 is 2.29 bits per heavy atom. The molecule has 0 saturated carbocycles. The van der Waals surface area contributed by atoms with Crippen molar-refractivity contribution in [3.05, 3.63) is 46.8 Å². The molecular weight excluding hydrogens is 322 g/mol. The van der Waals surface area contributed by atoms with Crippen LogP contribution in [0.15, 0.2) is 36.4 Å². The SMILES string of the molecule is N#Cc1ccc(-c2cccc(CNC(=O)N3CCC(CO)C3)c2)s1. The molecule has 6 heteroatoms. The maximum absolute atomic E-state index is 12.2. The summed E-state index contributed by atoms with van der Waals surface area (Å²) in [6.45, 7) is 1.92. The first-order valence-corrected chi connectivity index (χ1v) is 8.74. The Kier molecular flexibility index (Phi) is 5.14. The number of urea groups is 1. The highest BCUT2D eigenvalue weighted by Crippen LogP contribution is 2.28. The first-order chi connectivity index (χ1) is 11.7. The molecule has 1 fully saturated rings. The van der Waals surface area contributed by atoms with Gasteiger partial charge in [-0.15, -0.1) is 11.3 Å². The summed E-state index contributed by atoms with van der Waals surface area (Å²) in [6, 6.07) is 13.8. The summed E-state index contributed by atoms with van der Waals surface area (Å²) in [6.07, 6.45) is 0.860. The van der Waals surface area contributed by atoms with E-state index in [0.29, 0.717) is 24.5 Å². The fraction of sp³-hybridized carbons (Fsp3) is 0.333. The minimum absolute atomic E-state index is 0.0840. The number of carbonyl (C=O) groups excluding carboxylic acids is 1. The molecule has 0 spiro atoms. The molecule has 0 radical (unpaired) electrons. The molecular formula is C18H19N3O2S. The average molecular weight is 341 g/mol. The second-order valence-electron chi connectivity index (χ2n) is 5.92. The number of nitrogens with zero attached hydrogens (tertiary/aromatic N) is 2. The number of nitriles is 1. The number of nitrogens with one attached hydrogen (secondary N) is 1. The Labute approximate surface area is 145 Å². The molecule has 1 saturated heterocycles. The summed E-state index contributed by atoms with van der Waals surface area (Å²) in [5, 5.41) is 21.0. The van der Waals surface area contributed by atoms with Crippen LogP contribution < -0.4 is 5.32 Å². The van der Waals surface area contributed by atoms with Crippen molar-refractivity contribution in [3.63, 3.8) is 0 Å². The summed E-state index contributed by atoms with van der Waals surface area (Å²) in [5.41, 5.74) is 2.07. The topological polar surface area (TPSA) is 76.4 Å². The van der Waals surface area contributed by atoms with Crippen molar-refractivity contribution >= 4 is 17.4 Å². The zero-order valence-electron chi connectivity index (χ0n) is 13.2. The number of likely N-dealkylation sites (tertiary alicyclic amines) is 1. The lowest BCUT2D eigenvalue weighted by atomic mass is 10.1. The van der Waals surface area contributed by atoms with Gasteiger partial charge in [-0.25, -0.2) is 4.79 Å². The first kappa shape index (κ1) is 16.5. The molecule has 1 aliphatic heterocycles. The van der Waals surface area contributed by atoms with E-state index in [4.69, 9.17) is 10.4 Å². The lowest BCUT2D eigenvalue weighted by Gasteiger charge is -2.17. The van der Waals surface area contributed by atoms with E-state index in [-0.39, 0.29) is 18.6 Å². The molecule has 3 rings (SSSR count). The Morgan fingerprint density at radius 1 is 1.42 bits per heavy atom. The second kappa shape index (κ2) is 7.47. The van der Waals surface area contributed by atoms with Gasteiger partial charge in [0.05, 0.1) is 0 Å². The van der Waals surface area contributed by atoms with Crippen molar-refractivity contribution in [2.24, 2.45) is 5.92 Å². The van der Waals surface area contributed by atoms with E-state index in [0.717, 1.165) is 22.4 Å². The quantitative estimate of drug-likeness (QED) is 0.898. The lowest BCUT2D eigenvalue weighted by Crippen LogP contribution is -2.38. The highest BCUT2D eigenvalue weighted by Gasteiger charge is 2.25. The van der Waals surface area contributed by atoms with Crippen molar-refractivity contribution in [1.82, 2.24) is 10.2 Å². The monoisotopic (exact) mass is 341 g/mol. The van der Waals surface area contributed by atoms with E-state index >= 15 is 0 Å². The lowest BCUT2D eigenvalue weighted by molar-refractivity contribution is 0.198. The molecule has 24 heavy (non-hydrogen) atoms. The summed E-state index contributed by atoms with van der Waals surface area (Å²) in [7, 11) is 0. The summed E-state index contributed by atoms with van der Waals surface area (Å²) in [5.74, 6) is 0.201. The van der Waals surface area contributed by atoms with Gasteiger partial charge < -0.3 is 15.3 Å². The van der Waals surface area contributed by atoms with Crippen LogP contribution in [0.3, 0.4) is 0 Å². The maximum Gasteiger partial charge on any atom is 0.317 e. The van der Waals surface area contributed by atoms with Crippen LogP contribution in [0, 0.1) is 17.2 Å². The van der Waals surface area contributed by atoms with E-state index in [1.165, 1.54) is 11.3 Å². The third-order valence-corrected chi connectivity index (χ3v) is 5.24. The van der Waals surface area contributed by atoms with Crippen molar-refractivity contribution in [2.75, 3.05) is 19.7 Å². The van der Waals surface area contributed by atoms with Crippen molar-refractivity contribution in [2.45, 2.75) is 13.0 Å². The highest BCUT2D eigenvalue weighted by molar-refractivity contribution is 7.16. The van der Waals surface area contributed by atoms with Gasteiger partial charge in [0.2, 0.25) is 0 Å². The Hall–Kier alpha value is -2.36. The summed E-state index contributed by atoms with van der Waals surface area (Å²) in [4.78, 5) is 15.7. The Morgan fingerprint density at radius 3 is 3.00 bits per heavy atom. The second-order valence-corrected chi connectivity index (χ2v) is 7.00. The van der Waals surface area contributed by atoms with Gasteiger partial charge in [0, 0.05) is 37.0 Å². The number of aliphatic hydroxyl groups excluding tert-OH is 1. The summed E-state index contributed by atoms with van der Waals surface area (Å²) < 4.78 is 0. The summed E-state index contributed by atoms with van der Waals surface area (Å²) >= 11 is 1.46. The van der Waals surface area contributed by atoms with Crippen molar-refractivity contribution < 1.29 is 9.90 Å². The normalized spacial score (nSPS) is 16.8. The van der Waals surface area contributed by atoms with Crippen LogP contribution in [0.2, 0.25) is 0 Å². The van der Waals surface area contributed by atoms with Crippen molar-refractivity contribution in [1.29, 1.82) is 5.26 Å². The van der Waals surface area contributed by atoms with Crippen LogP contribution in [0.5, 0.6) is 0 Å². The fourth-order valence-corrected chi connectivity index (χ4v) is 3.64. The van der Waals surface area contributed by atoms with E-state index in [2.05, 4.69) is 11.4 Å². The van der Waals surface area contributed by atoms with Gasteiger partial charge in [-0.05, 0) is 35.7 Å². The van der Waals surface area contributed by atoms with E-state index in [1.807, 2.05) is 36.4 Å². The van der Waals surface area contributed by atoms with Crippen LogP contribution in [0.25, 0.3) is 10.4 Å². The van der Waals surface area contributed by atoms with Crippen LogP contribution in [-0.4, -0.2) is 35.7 Å². The molecule has 124 valence electrons. The maximum atomic E-state index is 12.2. The van der Waals surface area contributed by atoms with E-state index < -0.39 is 0 Å². The number of rotatable bonds is 4. The Bertz CT molecular complexity index is 766. The molecule has 1 atom stereocenters. The predicted octanol–water partition coefficient (Wildman–Crippen LogP) is 2.81. The molecule has 5 nitrogen and oxygen atoms in total. The van der Waals surface area contributed by atoms with Crippen LogP contribution in [-0.2, 0) is 6.54 Å². The number of thiophene rings is 1. The minimum atomic E-state index is -0.0840. The predicted molar refractivity (Wildman–Crippen MR) is 93.5 cm³/mol. The number of carbonyl (C=O) groups is 1. The van der Waals surface area contributed by atoms with Gasteiger partial charge in [-0.3, -0.25) is 0 Å². The van der Waals surface area contributed by atoms with Gasteiger partial charge in [-0.2, -0.15) is 5.26 Å². The molecule has 0 aliphatic carbocycles. The van der Waals surface area contributed by atoms with Crippen LogP contribution >= 0.6 is 11.3 Å². The third kappa shape index (κ3) is 3.75. The number of aliphatic hydroxyl groups is 1. The van der Waals surface area contributed by atoms with Crippen molar-refractivity contribution in [3.8, 4) is 16.5 Å². The first-order valence-electron chi connectivity index (χ1n) is 7.92. The number of hydrogen-bond acceptors (Lipinski definition) is 4. The number of amides is 2. The van der Waals surface area contributed by atoms with Gasteiger partial charge >= 0.3 is 6.03 Å². The van der Waals surface area contributed by atoms with Gasteiger partial charge in [-0.1, -0.05) is 18.2 Å². The van der Waals surface area contributed by atoms with Gasteiger partial charge in [0.15, 0.2) is 0 Å². The molecule has 2 N–H and O–H groups in total. The molecule has 2 heterocycles. The molecule has 1 aromatic heterocycles. The molecule has 1 aliphatic rings. The van der Waals surface area contributed by atoms with E-state index in [9.17, 15) is 4.79 Å². The zero-order chi connectivity index (χ0) is 16.9. The highest BCUT2D eigenvalue weighted by atomic mass is 32.1. The minimum Gasteiger partial charge on any atom is -0.396 e. The average Bonchev–Trinajstić information content (AvgIpc) is 3.29. The van der Waals surface area contributed by atoms with Crippen LogP contribution in [0.1, 0.15) is 16.9 Å². The fourth-order valence-electron chi connectivity index (χ4n) is 2.84. The zero-order valence-corrected chi connectivity index (χ0v) is 14.1. The standard InChI is InChI=1S/C18H19N3O2S/c19-9-16-4-5-17(24-16)15-3-1-2-13(8-15)10-20-18(23)21-7-6-14(11-21)12-22/h1-5,8,14,22H,6-7,10-12H2,(H,20,23). The van der Waals surface area contributed by atoms with Gasteiger partial charge in [0.1, 0.15) is 10.9 Å². The smallest absolute Gasteiger partial charge is 0.317 e. The molecule has 1 unspecified atom stereocenters. The molecule has 0 bridgehead atoms.